The second kappa shape index (κ2) is 10.0. The first-order valence-corrected chi connectivity index (χ1v) is 9.50. The molecule has 0 aromatic heterocycles. The Morgan fingerprint density at radius 2 is 1.73 bits per heavy atom. The highest BCUT2D eigenvalue weighted by Gasteiger charge is 2.13. The Morgan fingerprint density at radius 1 is 1.07 bits per heavy atom. The number of amides is 1. The fourth-order valence-electron chi connectivity index (χ4n) is 2.85. The van der Waals surface area contributed by atoms with E-state index in [0.717, 1.165) is 5.56 Å². The lowest BCUT2D eigenvalue weighted by Crippen LogP contribution is -2.27. The van der Waals surface area contributed by atoms with Crippen LogP contribution in [0.2, 0.25) is 0 Å². The Balaban J connectivity index is 1.63. The zero-order chi connectivity index (χ0) is 21.3. The summed E-state index contributed by atoms with van der Waals surface area (Å²) in [5, 5.41) is 12.2. The summed E-state index contributed by atoms with van der Waals surface area (Å²) in [6.45, 7) is 1.98. The van der Waals surface area contributed by atoms with E-state index in [1.54, 1.807) is 42.5 Å². The Labute approximate surface area is 175 Å². The molecule has 3 aromatic carbocycles. The molecule has 0 saturated carbocycles. The van der Waals surface area contributed by atoms with Crippen molar-refractivity contribution in [3.63, 3.8) is 0 Å². The maximum Gasteiger partial charge on any atom is 0.262 e. The lowest BCUT2D eigenvalue weighted by molar-refractivity contribution is -0.117. The highest BCUT2D eigenvalue weighted by molar-refractivity contribution is 6.01. The van der Waals surface area contributed by atoms with Crippen LogP contribution in [-0.2, 0) is 11.4 Å². The van der Waals surface area contributed by atoms with Crippen LogP contribution in [0, 0.1) is 17.1 Å². The molecule has 0 bridgehead atoms. The molecule has 0 spiro atoms. The van der Waals surface area contributed by atoms with Crippen molar-refractivity contribution in [1.82, 2.24) is 5.32 Å². The van der Waals surface area contributed by atoms with Crippen LogP contribution in [0.5, 0.6) is 5.75 Å². The largest absolute Gasteiger partial charge is 0.489 e. The summed E-state index contributed by atoms with van der Waals surface area (Å²) in [5.41, 5.74) is 2.13. The molecule has 3 aromatic rings. The van der Waals surface area contributed by atoms with E-state index in [2.05, 4.69) is 5.32 Å². The van der Waals surface area contributed by atoms with E-state index in [-0.39, 0.29) is 24.0 Å². The molecule has 0 unspecified atom stereocenters. The first kappa shape index (κ1) is 20.8. The van der Waals surface area contributed by atoms with Crippen LogP contribution in [0.1, 0.15) is 29.7 Å². The number of hydrogen-bond acceptors (Lipinski definition) is 3. The van der Waals surface area contributed by atoms with Gasteiger partial charge in [0.15, 0.2) is 0 Å². The van der Waals surface area contributed by atoms with Crippen molar-refractivity contribution >= 4 is 12.0 Å². The van der Waals surface area contributed by atoms with Crippen molar-refractivity contribution < 1.29 is 13.9 Å². The average molecular weight is 400 g/mol. The quantitative estimate of drug-likeness (QED) is 0.439. The molecule has 3 rings (SSSR count). The number of hydrogen-bond donors (Lipinski definition) is 1. The molecule has 0 fully saturated rings. The highest BCUT2D eigenvalue weighted by atomic mass is 19.1. The Hall–Kier alpha value is -3.91. The molecular formula is C25H21FN2O2. The minimum Gasteiger partial charge on any atom is -0.489 e. The highest BCUT2D eigenvalue weighted by Crippen LogP contribution is 2.18. The molecule has 150 valence electrons. The monoisotopic (exact) mass is 400 g/mol. The van der Waals surface area contributed by atoms with Gasteiger partial charge >= 0.3 is 0 Å². The summed E-state index contributed by atoms with van der Waals surface area (Å²) < 4.78 is 19.3. The number of rotatable bonds is 7. The third-order valence-electron chi connectivity index (χ3n) is 4.56. The van der Waals surface area contributed by atoms with Crippen LogP contribution < -0.4 is 10.1 Å². The molecule has 0 heterocycles. The van der Waals surface area contributed by atoms with Gasteiger partial charge in [-0.05, 0) is 42.3 Å². The Kier molecular flexibility index (Phi) is 6.96. The standard InChI is InChI=1S/C25H21FN2O2/c1-18(20-7-3-2-4-8-20)28-25(29)22(16-27)15-19-11-13-23(14-12-19)30-17-21-9-5-6-10-24(21)26/h2-15,18H,17H2,1H3,(H,28,29)/b22-15+/t18-/m0/s1. The van der Waals surface area contributed by atoms with Crippen LogP contribution in [0.15, 0.2) is 84.4 Å². The molecule has 30 heavy (non-hydrogen) atoms. The normalized spacial score (nSPS) is 12.0. The summed E-state index contributed by atoms with van der Waals surface area (Å²) in [7, 11) is 0. The molecule has 0 aliphatic rings. The van der Waals surface area contributed by atoms with Crippen LogP contribution in [0.25, 0.3) is 6.08 Å². The van der Waals surface area contributed by atoms with Crippen molar-refractivity contribution in [3.05, 3.63) is 107 Å². The summed E-state index contributed by atoms with van der Waals surface area (Å²) in [5.74, 6) is -0.184. The van der Waals surface area contributed by atoms with Crippen molar-refractivity contribution in [3.8, 4) is 11.8 Å². The van der Waals surface area contributed by atoms with E-state index in [1.165, 1.54) is 12.1 Å². The minimum atomic E-state index is -0.436. The van der Waals surface area contributed by atoms with Crippen molar-refractivity contribution in [2.75, 3.05) is 0 Å². The number of ether oxygens (including phenoxy) is 1. The van der Waals surface area contributed by atoms with Gasteiger partial charge in [-0.1, -0.05) is 60.7 Å². The fraction of sp³-hybridized carbons (Fsp3) is 0.120. The number of nitrogens with zero attached hydrogens (tertiary/aromatic N) is 1. The first-order chi connectivity index (χ1) is 14.6. The predicted molar refractivity (Wildman–Crippen MR) is 114 cm³/mol. The number of benzene rings is 3. The number of nitriles is 1. The lowest BCUT2D eigenvalue weighted by atomic mass is 10.1. The maximum absolute atomic E-state index is 13.7. The van der Waals surface area contributed by atoms with E-state index in [1.807, 2.05) is 43.3 Å². The Morgan fingerprint density at radius 3 is 2.40 bits per heavy atom. The third kappa shape index (κ3) is 5.55. The molecular weight excluding hydrogens is 379 g/mol. The SMILES string of the molecule is C[C@H](NC(=O)/C(C#N)=C/c1ccc(OCc2ccccc2F)cc1)c1ccccc1. The zero-order valence-electron chi connectivity index (χ0n) is 16.5. The summed E-state index contributed by atoms with van der Waals surface area (Å²) in [6.07, 6.45) is 1.52. The molecule has 0 saturated heterocycles. The molecule has 5 heteroatoms. The van der Waals surface area contributed by atoms with Gasteiger partial charge in [0.05, 0.1) is 6.04 Å². The number of nitrogens with one attached hydrogen (secondary N) is 1. The van der Waals surface area contributed by atoms with E-state index >= 15 is 0 Å². The maximum atomic E-state index is 13.7. The second-order valence-electron chi connectivity index (χ2n) is 6.72. The summed E-state index contributed by atoms with van der Waals surface area (Å²) >= 11 is 0. The zero-order valence-corrected chi connectivity index (χ0v) is 16.5. The van der Waals surface area contributed by atoms with Gasteiger partial charge in [0.25, 0.3) is 5.91 Å². The van der Waals surface area contributed by atoms with Gasteiger partial charge < -0.3 is 10.1 Å². The second-order valence-corrected chi connectivity index (χ2v) is 6.72. The van der Waals surface area contributed by atoms with Crippen molar-refractivity contribution in [2.45, 2.75) is 19.6 Å². The van der Waals surface area contributed by atoms with Gasteiger partial charge in [-0.15, -0.1) is 0 Å². The van der Waals surface area contributed by atoms with E-state index in [4.69, 9.17) is 4.74 Å². The van der Waals surface area contributed by atoms with Gasteiger partial charge in [0, 0.05) is 5.56 Å². The van der Waals surface area contributed by atoms with Crippen molar-refractivity contribution in [2.24, 2.45) is 0 Å². The fourth-order valence-corrected chi connectivity index (χ4v) is 2.85. The first-order valence-electron chi connectivity index (χ1n) is 9.50. The Bertz CT molecular complexity index is 1070. The minimum absolute atomic E-state index is 0.0119. The molecule has 0 radical (unpaired) electrons. The molecule has 1 atom stereocenters. The van der Waals surface area contributed by atoms with Gasteiger partial charge in [-0.25, -0.2) is 4.39 Å². The molecule has 0 aliphatic heterocycles. The average Bonchev–Trinajstić information content (AvgIpc) is 2.78. The van der Waals surface area contributed by atoms with E-state index < -0.39 is 5.91 Å². The molecule has 0 aliphatic carbocycles. The smallest absolute Gasteiger partial charge is 0.262 e. The van der Waals surface area contributed by atoms with Gasteiger partial charge in [-0.2, -0.15) is 5.26 Å². The van der Waals surface area contributed by atoms with Gasteiger partial charge in [-0.3, -0.25) is 4.79 Å². The van der Waals surface area contributed by atoms with Gasteiger partial charge in [0.1, 0.15) is 29.8 Å². The number of carbonyl (C=O) groups is 1. The number of halogens is 1. The topological polar surface area (TPSA) is 62.1 Å². The van der Waals surface area contributed by atoms with E-state index in [9.17, 15) is 14.4 Å². The van der Waals surface area contributed by atoms with Gasteiger partial charge in [0.2, 0.25) is 0 Å². The molecule has 1 amide bonds. The van der Waals surface area contributed by atoms with Crippen LogP contribution in [0.3, 0.4) is 0 Å². The van der Waals surface area contributed by atoms with Crippen LogP contribution >= 0.6 is 0 Å². The van der Waals surface area contributed by atoms with E-state index in [0.29, 0.717) is 16.9 Å². The molecule has 1 N–H and O–H groups in total. The summed E-state index contributed by atoms with van der Waals surface area (Å²) in [6, 6.07) is 24.6. The number of carbonyl (C=O) groups excluding carboxylic acids is 1. The lowest BCUT2D eigenvalue weighted by Gasteiger charge is -2.13. The van der Waals surface area contributed by atoms with Crippen LogP contribution in [0.4, 0.5) is 4.39 Å². The van der Waals surface area contributed by atoms with Crippen LogP contribution in [-0.4, -0.2) is 5.91 Å². The summed E-state index contributed by atoms with van der Waals surface area (Å²) in [4.78, 5) is 12.5. The molecule has 4 nitrogen and oxygen atoms in total. The van der Waals surface area contributed by atoms with Crippen molar-refractivity contribution in [1.29, 1.82) is 5.26 Å². The predicted octanol–water partition coefficient (Wildman–Crippen LogP) is 5.19. The third-order valence-corrected chi connectivity index (χ3v) is 4.56.